The first-order chi connectivity index (χ1) is 8.16. The van der Waals surface area contributed by atoms with Gasteiger partial charge in [0.25, 0.3) is 0 Å². The number of hydrogen-bond acceptors (Lipinski definition) is 1. The summed E-state index contributed by atoms with van der Waals surface area (Å²) in [6, 6.07) is 0. The minimum atomic E-state index is -0.912. The maximum absolute atomic E-state index is 11.1. The highest BCUT2D eigenvalue weighted by Gasteiger charge is 2.12. The number of halogens is 1. The molecule has 0 unspecified atom stereocenters. The largest absolute Gasteiger partial charge is 0.478 e. The zero-order chi connectivity index (χ0) is 14.5. The molecule has 3 heteroatoms. The van der Waals surface area contributed by atoms with Crippen molar-refractivity contribution in [1.29, 1.82) is 0 Å². The van der Waals surface area contributed by atoms with Gasteiger partial charge >= 0.3 is 5.97 Å². The minimum Gasteiger partial charge on any atom is -0.478 e. The predicted molar refractivity (Wildman–Crippen MR) is 77.7 cm³/mol. The van der Waals surface area contributed by atoms with Gasteiger partial charge in [-0.25, -0.2) is 4.79 Å². The van der Waals surface area contributed by atoms with Crippen LogP contribution in [0.2, 0.25) is 0 Å². The van der Waals surface area contributed by atoms with Gasteiger partial charge in [0.1, 0.15) is 0 Å². The van der Waals surface area contributed by atoms with Crippen LogP contribution in [-0.4, -0.2) is 11.1 Å². The maximum Gasteiger partial charge on any atom is 0.331 e. The van der Waals surface area contributed by atoms with Crippen molar-refractivity contribution in [2.45, 2.75) is 34.6 Å². The lowest BCUT2D eigenvalue weighted by Gasteiger charge is -2.09. The van der Waals surface area contributed by atoms with Crippen LogP contribution in [-0.2, 0) is 4.79 Å². The number of carboxylic acids is 1. The molecule has 0 atom stereocenters. The number of rotatable bonds is 5. The van der Waals surface area contributed by atoms with E-state index in [1.54, 1.807) is 12.2 Å². The molecule has 0 aromatic heterocycles. The van der Waals surface area contributed by atoms with E-state index in [1.807, 2.05) is 34.6 Å². The summed E-state index contributed by atoms with van der Waals surface area (Å²) >= 11 is 6.08. The van der Waals surface area contributed by atoms with Crippen molar-refractivity contribution >= 4 is 17.6 Å². The molecule has 0 aliphatic heterocycles. The fourth-order valence-corrected chi connectivity index (χ4v) is 1.33. The molecule has 0 amide bonds. The number of carboxylic acid groups (broad SMARTS) is 1. The van der Waals surface area contributed by atoms with Crippen LogP contribution in [0.3, 0.4) is 0 Å². The van der Waals surface area contributed by atoms with E-state index in [2.05, 4.69) is 6.58 Å². The monoisotopic (exact) mass is 268 g/mol. The topological polar surface area (TPSA) is 37.3 Å². The lowest BCUT2D eigenvalue weighted by molar-refractivity contribution is -0.133. The van der Waals surface area contributed by atoms with E-state index < -0.39 is 5.97 Å². The van der Waals surface area contributed by atoms with E-state index in [1.165, 1.54) is 0 Å². The standard InChI is InChI=1S/C15H21ClO2/c1-9(2)12(8-14(16)11(5)6)7-13(10(3)4)15(17)18/h7-8,10H,1H2,2-6H3,(H,17,18). The second kappa shape index (κ2) is 7.22. The lowest BCUT2D eigenvalue weighted by atomic mass is 9.97. The van der Waals surface area contributed by atoms with Crippen molar-refractivity contribution in [3.05, 3.63) is 46.1 Å². The molecular weight excluding hydrogens is 248 g/mol. The lowest BCUT2D eigenvalue weighted by Crippen LogP contribution is -2.07. The zero-order valence-electron chi connectivity index (χ0n) is 11.7. The van der Waals surface area contributed by atoms with E-state index in [4.69, 9.17) is 16.7 Å². The smallest absolute Gasteiger partial charge is 0.331 e. The Hall–Kier alpha value is -1.28. The SMILES string of the molecule is C=C(C)C(=CC(Cl)=C(C)C)C=C(C(=O)O)C(C)C. The molecule has 1 N–H and O–H groups in total. The molecule has 0 saturated carbocycles. The van der Waals surface area contributed by atoms with Crippen LogP contribution in [0.5, 0.6) is 0 Å². The third-order valence-electron chi connectivity index (χ3n) is 2.43. The van der Waals surface area contributed by atoms with Crippen LogP contribution < -0.4 is 0 Å². The van der Waals surface area contributed by atoms with E-state index >= 15 is 0 Å². The highest BCUT2D eigenvalue weighted by molar-refractivity contribution is 6.31. The second-order valence-corrected chi connectivity index (χ2v) is 5.19. The van der Waals surface area contributed by atoms with Crippen LogP contribution in [0, 0.1) is 5.92 Å². The molecule has 0 aliphatic carbocycles. The molecule has 0 bridgehead atoms. The van der Waals surface area contributed by atoms with E-state index in [-0.39, 0.29) is 5.92 Å². The molecule has 100 valence electrons. The maximum atomic E-state index is 11.1. The fraction of sp³-hybridized carbons (Fsp3) is 0.400. The molecule has 0 rings (SSSR count). The number of hydrogen-bond donors (Lipinski definition) is 1. The Morgan fingerprint density at radius 1 is 1.22 bits per heavy atom. The average molecular weight is 269 g/mol. The van der Waals surface area contributed by atoms with Crippen molar-refractivity contribution in [3.63, 3.8) is 0 Å². The fourth-order valence-electron chi connectivity index (χ4n) is 1.21. The van der Waals surface area contributed by atoms with Crippen LogP contribution in [0.4, 0.5) is 0 Å². The first kappa shape index (κ1) is 16.7. The van der Waals surface area contributed by atoms with Gasteiger partial charge in [0.15, 0.2) is 0 Å². The summed E-state index contributed by atoms with van der Waals surface area (Å²) < 4.78 is 0. The first-order valence-electron chi connectivity index (χ1n) is 5.82. The Balaban J connectivity index is 5.67. The Labute approximate surface area is 114 Å². The van der Waals surface area contributed by atoms with Crippen molar-refractivity contribution in [2.24, 2.45) is 5.92 Å². The molecule has 0 saturated heterocycles. The van der Waals surface area contributed by atoms with Crippen molar-refractivity contribution in [1.82, 2.24) is 0 Å². The van der Waals surface area contributed by atoms with Gasteiger partial charge in [-0.3, -0.25) is 0 Å². The predicted octanol–water partition coefficient (Wildman–Crippen LogP) is 4.69. The van der Waals surface area contributed by atoms with Gasteiger partial charge < -0.3 is 5.11 Å². The van der Waals surface area contributed by atoms with Gasteiger partial charge in [-0.05, 0) is 44.4 Å². The Morgan fingerprint density at radius 2 is 1.72 bits per heavy atom. The first-order valence-corrected chi connectivity index (χ1v) is 6.20. The van der Waals surface area contributed by atoms with Crippen LogP contribution >= 0.6 is 11.6 Å². The summed E-state index contributed by atoms with van der Waals surface area (Å²) in [4.78, 5) is 11.1. The number of allylic oxidation sites excluding steroid dienone is 6. The van der Waals surface area contributed by atoms with Crippen LogP contribution in [0.1, 0.15) is 34.6 Å². The Bertz CT molecular complexity index is 433. The van der Waals surface area contributed by atoms with Gasteiger partial charge in [-0.15, -0.1) is 0 Å². The summed E-state index contributed by atoms with van der Waals surface area (Å²) in [5, 5.41) is 9.76. The average Bonchev–Trinajstić information content (AvgIpc) is 2.21. The van der Waals surface area contributed by atoms with Gasteiger partial charge in [-0.1, -0.05) is 43.2 Å². The van der Waals surface area contributed by atoms with Gasteiger partial charge in [0.2, 0.25) is 0 Å². The van der Waals surface area contributed by atoms with E-state index in [0.717, 1.165) is 16.7 Å². The summed E-state index contributed by atoms with van der Waals surface area (Å²) in [7, 11) is 0. The zero-order valence-corrected chi connectivity index (χ0v) is 12.4. The molecular formula is C15H21ClO2. The summed E-state index contributed by atoms with van der Waals surface area (Å²) in [6.07, 6.45) is 3.39. The molecule has 0 radical (unpaired) electrons. The number of aliphatic carboxylic acids is 1. The molecule has 0 fully saturated rings. The van der Waals surface area contributed by atoms with Crippen LogP contribution in [0.15, 0.2) is 46.1 Å². The van der Waals surface area contributed by atoms with Gasteiger partial charge in [0, 0.05) is 10.6 Å². The van der Waals surface area contributed by atoms with Crippen LogP contribution in [0.25, 0.3) is 0 Å². The highest BCUT2D eigenvalue weighted by atomic mass is 35.5. The molecule has 0 aromatic rings. The molecule has 2 nitrogen and oxygen atoms in total. The normalized spacial score (nSPS) is 12.6. The van der Waals surface area contributed by atoms with E-state index in [9.17, 15) is 4.79 Å². The van der Waals surface area contributed by atoms with Crippen molar-refractivity contribution < 1.29 is 9.90 Å². The Kier molecular flexibility index (Phi) is 6.71. The molecule has 0 heterocycles. The molecule has 0 aromatic carbocycles. The summed E-state index contributed by atoms with van der Waals surface area (Å²) in [5.74, 6) is -0.971. The van der Waals surface area contributed by atoms with Crippen molar-refractivity contribution in [3.8, 4) is 0 Å². The minimum absolute atomic E-state index is 0.0595. The highest BCUT2D eigenvalue weighted by Crippen LogP contribution is 2.21. The molecule has 0 spiro atoms. The summed E-state index contributed by atoms with van der Waals surface area (Å²) in [5.41, 5.74) is 2.86. The Morgan fingerprint density at radius 3 is 2.00 bits per heavy atom. The van der Waals surface area contributed by atoms with Crippen molar-refractivity contribution in [2.75, 3.05) is 0 Å². The molecule has 18 heavy (non-hydrogen) atoms. The molecule has 0 aliphatic rings. The number of carbonyl (C=O) groups is 1. The third-order valence-corrected chi connectivity index (χ3v) is 2.92. The van der Waals surface area contributed by atoms with E-state index in [0.29, 0.717) is 10.6 Å². The second-order valence-electron chi connectivity index (χ2n) is 4.79. The quantitative estimate of drug-likeness (QED) is 0.580. The summed E-state index contributed by atoms with van der Waals surface area (Å²) in [6.45, 7) is 13.2. The van der Waals surface area contributed by atoms with Gasteiger partial charge in [-0.2, -0.15) is 0 Å². The van der Waals surface area contributed by atoms with Gasteiger partial charge in [0.05, 0.1) is 0 Å². The third kappa shape index (κ3) is 5.37.